The van der Waals surface area contributed by atoms with Gasteiger partial charge < -0.3 is 5.32 Å². The summed E-state index contributed by atoms with van der Waals surface area (Å²) < 4.78 is 1.44. The molecule has 0 aliphatic rings. The summed E-state index contributed by atoms with van der Waals surface area (Å²) in [5.74, 6) is -0.211. The lowest BCUT2D eigenvalue weighted by molar-refractivity contribution is -0.121. The van der Waals surface area contributed by atoms with Crippen molar-refractivity contribution in [3.05, 3.63) is 64.0 Å². The van der Waals surface area contributed by atoms with Gasteiger partial charge in [-0.1, -0.05) is 30.3 Å². The third-order valence-corrected chi connectivity index (χ3v) is 4.85. The zero-order valence-corrected chi connectivity index (χ0v) is 15.2. The Kier molecular flexibility index (Phi) is 5.58. The van der Waals surface area contributed by atoms with E-state index in [1.165, 1.54) is 22.2 Å². The monoisotopic (exact) mass is 369 g/mol. The van der Waals surface area contributed by atoms with Crippen LogP contribution in [0, 0.1) is 0 Å². The van der Waals surface area contributed by atoms with Gasteiger partial charge in [0.1, 0.15) is 4.83 Å². The van der Waals surface area contributed by atoms with Crippen LogP contribution in [-0.4, -0.2) is 27.3 Å². The fourth-order valence-corrected chi connectivity index (χ4v) is 3.42. The SMILES string of the molecule is C[C@@H](CC(=O)c1ccccc1)NC(=O)CCn1cnc2sccc2c1=O. The highest BCUT2D eigenvalue weighted by Crippen LogP contribution is 2.13. The highest BCUT2D eigenvalue weighted by atomic mass is 32.1. The molecule has 3 rings (SSSR count). The Morgan fingerprint density at radius 2 is 2.00 bits per heavy atom. The van der Waals surface area contributed by atoms with Crippen LogP contribution in [0.25, 0.3) is 10.2 Å². The van der Waals surface area contributed by atoms with Gasteiger partial charge in [-0.25, -0.2) is 4.98 Å². The number of Topliss-reactive ketones (excluding diaryl/α,β-unsaturated/α-hetero) is 1. The second-order valence-electron chi connectivity index (χ2n) is 6.09. The Hall–Kier alpha value is -2.80. The zero-order chi connectivity index (χ0) is 18.5. The van der Waals surface area contributed by atoms with Gasteiger partial charge in [-0.05, 0) is 18.4 Å². The first kappa shape index (κ1) is 18.0. The largest absolute Gasteiger partial charge is 0.353 e. The van der Waals surface area contributed by atoms with Crippen molar-refractivity contribution in [1.29, 1.82) is 0 Å². The molecular formula is C19H19N3O3S. The number of aromatic nitrogens is 2. The van der Waals surface area contributed by atoms with Gasteiger partial charge in [-0.2, -0.15) is 0 Å². The molecule has 134 valence electrons. The Bertz CT molecular complexity index is 978. The van der Waals surface area contributed by atoms with Crippen molar-refractivity contribution in [2.75, 3.05) is 0 Å². The van der Waals surface area contributed by atoms with Crippen LogP contribution in [0.2, 0.25) is 0 Å². The number of carbonyl (C=O) groups excluding carboxylic acids is 2. The Morgan fingerprint density at radius 1 is 1.23 bits per heavy atom. The molecule has 0 bridgehead atoms. The number of amides is 1. The highest BCUT2D eigenvalue weighted by molar-refractivity contribution is 7.16. The van der Waals surface area contributed by atoms with E-state index in [9.17, 15) is 14.4 Å². The molecule has 1 atom stereocenters. The minimum atomic E-state index is -0.274. The van der Waals surface area contributed by atoms with Crippen LogP contribution in [-0.2, 0) is 11.3 Å². The molecule has 7 heteroatoms. The van der Waals surface area contributed by atoms with Crippen LogP contribution >= 0.6 is 11.3 Å². The molecule has 0 fully saturated rings. The number of thiophene rings is 1. The van der Waals surface area contributed by atoms with Crippen molar-refractivity contribution < 1.29 is 9.59 Å². The van der Waals surface area contributed by atoms with Crippen LogP contribution in [0.15, 0.2) is 52.9 Å². The Labute approximate surface area is 154 Å². The van der Waals surface area contributed by atoms with Gasteiger partial charge >= 0.3 is 0 Å². The second-order valence-corrected chi connectivity index (χ2v) is 6.99. The van der Waals surface area contributed by atoms with E-state index in [2.05, 4.69) is 10.3 Å². The predicted molar refractivity (Wildman–Crippen MR) is 101 cm³/mol. The molecule has 3 aromatic rings. The molecule has 1 N–H and O–H groups in total. The lowest BCUT2D eigenvalue weighted by Gasteiger charge is -2.13. The number of benzene rings is 1. The lowest BCUT2D eigenvalue weighted by atomic mass is 10.0. The van der Waals surface area contributed by atoms with Crippen LogP contribution in [0.4, 0.5) is 0 Å². The smallest absolute Gasteiger partial charge is 0.262 e. The molecule has 1 amide bonds. The molecule has 2 heterocycles. The van der Waals surface area contributed by atoms with Gasteiger partial charge in [0, 0.05) is 31.0 Å². The van der Waals surface area contributed by atoms with Crippen molar-refractivity contribution in [3.8, 4) is 0 Å². The normalized spacial score (nSPS) is 12.0. The van der Waals surface area contributed by atoms with E-state index in [4.69, 9.17) is 0 Å². The van der Waals surface area contributed by atoms with Crippen molar-refractivity contribution in [1.82, 2.24) is 14.9 Å². The van der Waals surface area contributed by atoms with Gasteiger partial charge in [-0.15, -0.1) is 11.3 Å². The van der Waals surface area contributed by atoms with Crippen LogP contribution in [0.5, 0.6) is 0 Å². The second kappa shape index (κ2) is 8.05. The number of hydrogen-bond acceptors (Lipinski definition) is 5. The molecule has 0 radical (unpaired) electrons. The minimum absolute atomic E-state index is 0.0123. The van der Waals surface area contributed by atoms with E-state index in [0.29, 0.717) is 15.8 Å². The van der Waals surface area contributed by atoms with Crippen LogP contribution < -0.4 is 10.9 Å². The van der Waals surface area contributed by atoms with Gasteiger partial charge in [0.15, 0.2) is 5.78 Å². The summed E-state index contributed by atoms with van der Waals surface area (Å²) in [5, 5.41) is 5.20. The highest BCUT2D eigenvalue weighted by Gasteiger charge is 2.14. The number of fused-ring (bicyclic) bond motifs is 1. The maximum absolute atomic E-state index is 12.3. The van der Waals surface area contributed by atoms with Crippen molar-refractivity contribution in [2.45, 2.75) is 32.4 Å². The third-order valence-electron chi connectivity index (χ3n) is 4.02. The van der Waals surface area contributed by atoms with Gasteiger partial charge in [0.05, 0.1) is 11.7 Å². The summed E-state index contributed by atoms with van der Waals surface area (Å²) in [4.78, 5) is 41.5. The molecule has 26 heavy (non-hydrogen) atoms. The van der Waals surface area contributed by atoms with E-state index in [-0.39, 0.29) is 42.7 Å². The molecule has 2 aromatic heterocycles. The molecule has 6 nitrogen and oxygen atoms in total. The number of nitrogens with one attached hydrogen (secondary N) is 1. The van der Waals surface area contributed by atoms with Crippen molar-refractivity contribution >= 4 is 33.2 Å². The first-order chi connectivity index (χ1) is 12.5. The van der Waals surface area contributed by atoms with E-state index in [0.717, 1.165) is 0 Å². The number of hydrogen-bond donors (Lipinski definition) is 1. The molecule has 1 aromatic carbocycles. The molecule has 0 aliphatic carbocycles. The van der Waals surface area contributed by atoms with Crippen LogP contribution in [0.3, 0.4) is 0 Å². The topological polar surface area (TPSA) is 81.1 Å². The van der Waals surface area contributed by atoms with E-state index in [1.54, 1.807) is 25.1 Å². The fraction of sp³-hybridized carbons (Fsp3) is 0.263. The summed E-state index contributed by atoms with van der Waals surface area (Å²) in [6.07, 6.45) is 1.86. The fourth-order valence-electron chi connectivity index (χ4n) is 2.69. The molecule has 0 spiro atoms. The Balaban J connectivity index is 1.52. The van der Waals surface area contributed by atoms with Gasteiger partial charge in [0.2, 0.25) is 5.91 Å². The summed E-state index contributed by atoms with van der Waals surface area (Å²) in [7, 11) is 0. The zero-order valence-electron chi connectivity index (χ0n) is 14.3. The summed E-state index contributed by atoms with van der Waals surface area (Å²) in [6, 6.07) is 10.5. The number of ketones is 1. The maximum atomic E-state index is 12.3. The first-order valence-corrected chi connectivity index (χ1v) is 9.23. The molecule has 0 saturated heterocycles. The molecule has 0 aliphatic heterocycles. The summed E-state index contributed by atoms with van der Waals surface area (Å²) >= 11 is 1.41. The maximum Gasteiger partial charge on any atom is 0.262 e. The minimum Gasteiger partial charge on any atom is -0.353 e. The number of nitrogens with zero attached hydrogens (tertiary/aromatic N) is 2. The number of carbonyl (C=O) groups is 2. The molecule has 0 unspecified atom stereocenters. The van der Waals surface area contributed by atoms with Crippen LogP contribution in [0.1, 0.15) is 30.1 Å². The van der Waals surface area contributed by atoms with E-state index in [1.807, 2.05) is 23.6 Å². The van der Waals surface area contributed by atoms with Gasteiger partial charge in [0.25, 0.3) is 5.56 Å². The standard InChI is InChI=1S/C19H19N3O3S/c1-13(11-16(23)14-5-3-2-4-6-14)21-17(24)7-9-22-12-20-18-15(19(22)25)8-10-26-18/h2-6,8,10,12-13H,7,9,11H2,1H3,(H,21,24)/t13-/m0/s1. The Morgan fingerprint density at radius 3 is 2.77 bits per heavy atom. The first-order valence-electron chi connectivity index (χ1n) is 8.35. The van der Waals surface area contributed by atoms with Gasteiger partial charge in [-0.3, -0.25) is 19.0 Å². The average molecular weight is 369 g/mol. The summed E-state index contributed by atoms with van der Waals surface area (Å²) in [6.45, 7) is 2.05. The van der Waals surface area contributed by atoms with Crippen molar-refractivity contribution in [2.24, 2.45) is 0 Å². The third kappa shape index (κ3) is 4.23. The van der Waals surface area contributed by atoms with E-state index < -0.39 is 0 Å². The quantitative estimate of drug-likeness (QED) is 0.649. The average Bonchev–Trinajstić information content (AvgIpc) is 3.11. The summed E-state index contributed by atoms with van der Waals surface area (Å²) in [5.41, 5.74) is 0.492. The lowest BCUT2D eigenvalue weighted by Crippen LogP contribution is -2.35. The molecule has 0 saturated carbocycles. The van der Waals surface area contributed by atoms with Crippen molar-refractivity contribution in [3.63, 3.8) is 0 Å². The molecular weight excluding hydrogens is 350 g/mol. The number of rotatable bonds is 7. The number of aryl methyl sites for hydroxylation is 1. The predicted octanol–water partition coefficient (Wildman–Crippen LogP) is 2.63. The van der Waals surface area contributed by atoms with E-state index >= 15 is 0 Å².